The lowest BCUT2D eigenvalue weighted by molar-refractivity contribution is -0.180. The molecule has 0 atom stereocenters. The van der Waals surface area contributed by atoms with E-state index in [1.807, 2.05) is 25.1 Å². The third kappa shape index (κ3) is 3.63. The maximum absolute atomic E-state index is 12.1. The zero-order valence-electron chi connectivity index (χ0n) is 12.6. The highest BCUT2D eigenvalue weighted by Gasteiger charge is 2.40. The van der Waals surface area contributed by atoms with Crippen molar-refractivity contribution >= 4 is 5.91 Å². The summed E-state index contributed by atoms with van der Waals surface area (Å²) >= 11 is 0. The molecule has 21 heavy (non-hydrogen) atoms. The molecule has 4 nitrogen and oxygen atoms in total. The summed E-state index contributed by atoms with van der Waals surface area (Å²) in [5.74, 6) is -0.243. The van der Waals surface area contributed by atoms with E-state index in [0.29, 0.717) is 19.6 Å². The summed E-state index contributed by atoms with van der Waals surface area (Å²) in [6, 6.07) is 8.36. The van der Waals surface area contributed by atoms with Crippen molar-refractivity contribution in [1.29, 1.82) is 0 Å². The van der Waals surface area contributed by atoms with Gasteiger partial charge in [0.25, 0.3) is 0 Å². The van der Waals surface area contributed by atoms with Gasteiger partial charge < -0.3 is 14.8 Å². The van der Waals surface area contributed by atoms with Crippen molar-refractivity contribution < 1.29 is 14.3 Å². The number of ether oxygens (including phenoxy) is 2. The minimum absolute atomic E-state index is 0.106. The first-order chi connectivity index (χ1) is 10.2. The largest absolute Gasteiger partial charge is 0.353 e. The molecule has 1 N–H and O–H groups in total. The Labute approximate surface area is 125 Å². The maximum Gasteiger partial charge on any atom is 0.224 e. The van der Waals surface area contributed by atoms with E-state index in [4.69, 9.17) is 9.47 Å². The summed E-state index contributed by atoms with van der Waals surface area (Å²) < 4.78 is 11.4. The molecule has 1 amide bonds. The van der Waals surface area contributed by atoms with Gasteiger partial charge in [0.15, 0.2) is 5.79 Å². The molecule has 1 saturated carbocycles. The Kier molecular flexibility index (Phi) is 4.27. The van der Waals surface area contributed by atoms with Gasteiger partial charge in [-0.1, -0.05) is 29.8 Å². The third-order valence-corrected chi connectivity index (χ3v) is 4.37. The third-order valence-electron chi connectivity index (χ3n) is 4.37. The van der Waals surface area contributed by atoms with Gasteiger partial charge in [0.05, 0.1) is 19.6 Å². The van der Waals surface area contributed by atoms with Crippen molar-refractivity contribution in [3.05, 3.63) is 35.4 Å². The average Bonchev–Trinajstić information content (AvgIpc) is 2.90. The van der Waals surface area contributed by atoms with E-state index in [-0.39, 0.29) is 17.7 Å². The van der Waals surface area contributed by atoms with Crippen molar-refractivity contribution in [2.45, 2.75) is 50.9 Å². The van der Waals surface area contributed by atoms with Crippen LogP contribution in [0.25, 0.3) is 0 Å². The number of rotatable bonds is 3. The van der Waals surface area contributed by atoms with Crippen molar-refractivity contribution in [1.82, 2.24) is 5.32 Å². The lowest BCUT2D eigenvalue weighted by Crippen LogP contribution is -2.44. The fraction of sp³-hybridized carbons (Fsp3) is 0.588. The van der Waals surface area contributed by atoms with Gasteiger partial charge >= 0.3 is 0 Å². The van der Waals surface area contributed by atoms with E-state index in [0.717, 1.165) is 31.2 Å². The maximum atomic E-state index is 12.1. The Morgan fingerprint density at radius 1 is 1.29 bits per heavy atom. The van der Waals surface area contributed by atoms with Crippen molar-refractivity contribution in [2.24, 2.45) is 0 Å². The molecule has 1 aromatic rings. The number of nitrogens with one attached hydrogen (secondary N) is 1. The van der Waals surface area contributed by atoms with Crippen molar-refractivity contribution in [3.8, 4) is 0 Å². The Hall–Kier alpha value is -1.39. The van der Waals surface area contributed by atoms with Crippen LogP contribution >= 0.6 is 0 Å². The van der Waals surface area contributed by atoms with Crippen LogP contribution in [-0.2, 0) is 20.7 Å². The van der Waals surface area contributed by atoms with Crippen LogP contribution in [-0.4, -0.2) is 30.9 Å². The molecule has 0 bridgehead atoms. The summed E-state index contributed by atoms with van der Waals surface area (Å²) in [5, 5.41) is 3.14. The van der Waals surface area contributed by atoms with E-state index in [1.54, 1.807) is 0 Å². The molecule has 2 aliphatic rings. The normalized spacial score (nSPS) is 21.6. The Morgan fingerprint density at radius 3 is 2.67 bits per heavy atom. The van der Waals surface area contributed by atoms with E-state index in [1.165, 1.54) is 5.56 Å². The highest BCUT2D eigenvalue weighted by Crippen LogP contribution is 2.35. The molecule has 0 aromatic heterocycles. The molecule has 2 fully saturated rings. The number of carbonyl (C=O) groups excluding carboxylic acids is 1. The van der Waals surface area contributed by atoms with Gasteiger partial charge in [-0.3, -0.25) is 4.79 Å². The number of amides is 1. The summed E-state index contributed by atoms with van der Waals surface area (Å²) in [6.07, 6.45) is 4.07. The molecule has 1 aliphatic carbocycles. The fourth-order valence-electron chi connectivity index (χ4n) is 3.27. The lowest BCUT2D eigenvalue weighted by Gasteiger charge is -2.35. The Morgan fingerprint density at radius 2 is 2.00 bits per heavy atom. The molecule has 114 valence electrons. The van der Waals surface area contributed by atoms with Crippen molar-refractivity contribution in [2.75, 3.05) is 13.2 Å². The summed E-state index contributed by atoms with van der Waals surface area (Å²) in [4.78, 5) is 12.1. The number of carbonyl (C=O) groups is 1. The smallest absolute Gasteiger partial charge is 0.224 e. The number of aryl methyl sites for hydroxylation is 1. The molecule has 0 radical (unpaired) electrons. The summed E-state index contributed by atoms with van der Waals surface area (Å²) in [5.41, 5.74) is 2.26. The van der Waals surface area contributed by atoms with Crippen LogP contribution in [0.4, 0.5) is 0 Å². The van der Waals surface area contributed by atoms with Gasteiger partial charge in [-0.2, -0.15) is 0 Å². The topological polar surface area (TPSA) is 47.6 Å². The van der Waals surface area contributed by atoms with E-state index < -0.39 is 0 Å². The number of hydrogen-bond acceptors (Lipinski definition) is 3. The number of hydrogen-bond donors (Lipinski definition) is 1. The summed E-state index contributed by atoms with van der Waals surface area (Å²) in [7, 11) is 0. The quantitative estimate of drug-likeness (QED) is 0.929. The van der Waals surface area contributed by atoms with Gasteiger partial charge in [-0.25, -0.2) is 0 Å². The van der Waals surface area contributed by atoms with E-state index in [9.17, 15) is 4.79 Å². The van der Waals surface area contributed by atoms with Crippen molar-refractivity contribution in [3.63, 3.8) is 0 Å². The van der Waals surface area contributed by atoms with Crippen LogP contribution in [0.2, 0.25) is 0 Å². The van der Waals surface area contributed by atoms with Crippen LogP contribution in [0.3, 0.4) is 0 Å². The zero-order chi connectivity index (χ0) is 14.7. The van der Waals surface area contributed by atoms with Crippen LogP contribution in [0, 0.1) is 6.92 Å². The molecule has 1 heterocycles. The lowest BCUT2D eigenvalue weighted by atomic mass is 9.90. The van der Waals surface area contributed by atoms with Gasteiger partial charge in [0, 0.05) is 18.9 Å². The molecular formula is C17H23NO3. The van der Waals surface area contributed by atoms with Crippen LogP contribution in [0.5, 0.6) is 0 Å². The van der Waals surface area contributed by atoms with Crippen LogP contribution in [0.1, 0.15) is 36.8 Å². The first kappa shape index (κ1) is 14.5. The molecule has 1 aliphatic heterocycles. The standard InChI is InChI=1S/C17H23NO3/c1-13-3-2-4-14(11-13)12-16(19)18-15-5-7-17(8-6-15)20-9-10-21-17/h2-4,11,15H,5-10,12H2,1H3,(H,18,19). The molecule has 1 aromatic carbocycles. The first-order valence-electron chi connectivity index (χ1n) is 7.78. The molecule has 0 unspecified atom stereocenters. The monoisotopic (exact) mass is 289 g/mol. The van der Waals surface area contributed by atoms with E-state index >= 15 is 0 Å². The highest BCUT2D eigenvalue weighted by molar-refractivity contribution is 5.78. The second-order valence-electron chi connectivity index (χ2n) is 6.12. The van der Waals surface area contributed by atoms with Gasteiger partial charge in [-0.15, -0.1) is 0 Å². The van der Waals surface area contributed by atoms with Gasteiger partial charge in [0.1, 0.15) is 0 Å². The molecule has 1 saturated heterocycles. The molecule has 3 rings (SSSR count). The second kappa shape index (κ2) is 6.16. The predicted molar refractivity (Wildman–Crippen MR) is 79.9 cm³/mol. The predicted octanol–water partition coefficient (Wildman–Crippen LogP) is 2.34. The molecular weight excluding hydrogens is 266 g/mol. The molecule has 4 heteroatoms. The van der Waals surface area contributed by atoms with Gasteiger partial charge in [-0.05, 0) is 25.3 Å². The molecule has 1 spiro atoms. The minimum Gasteiger partial charge on any atom is -0.353 e. The first-order valence-corrected chi connectivity index (χ1v) is 7.78. The van der Waals surface area contributed by atoms with Crippen LogP contribution in [0.15, 0.2) is 24.3 Å². The fourth-order valence-corrected chi connectivity index (χ4v) is 3.27. The summed E-state index contributed by atoms with van der Waals surface area (Å²) in [6.45, 7) is 3.44. The Bertz CT molecular complexity index is 499. The number of benzene rings is 1. The van der Waals surface area contributed by atoms with Crippen LogP contribution < -0.4 is 5.32 Å². The highest BCUT2D eigenvalue weighted by atomic mass is 16.7. The minimum atomic E-state index is -0.349. The average molecular weight is 289 g/mol. The second-order valence-corrected chi connectivity index (χ2v) is 6.12. The Balaban J connectivity index is 1.47. The van der Waals surface area contributed by atoms with Gasteiger partial charge in [0.2, 0.25) is 5.91 Å². The SMILES string of the molecule is Cc1cccc(CC(=O)NC2CCC3(CC2)OCCO3)c1. The zero-order valence-corrected chi connectivity index (χ0v) is 12.6. The van der Waals surface area contributed by atoms with E-state index in [2.05, 4.69) is 11.4 Å².